The third-order valence-corrected chi connectivity index (χ3v) is 3.90. The highest BCUT2D eigenvalue weighted by Gasteiger charge is 2.37. The Hall–Kier alpha value is -1.52. The largest absolute Gasteiger partial charge is 0.466 e. The molecule has 1 N–H and O–H groups in total. The van der Waals surface area contributed by atoms with E-state index in [-0.39, 0.29) is 18.4 Å². The van der Waals surface area contributed by atoms with E-state index in [1.54, 1.807) is 0 Å². The summed E-state index contributed by atoms with van der Waals surface area (Å²) in [6.45, 7) is 2.10. The van der Waals surface area contributed by atoms with Crippen LogP contribution in [0.1, 0.15) is 12.0 Å². The quantitative estimate of drug-likeness (QED) is 0.682. The van der Waals surface area contributed by atoms with Crippen molar-refractivity contribution in [1.82, 2.24) is 5.32 Å². The zero-order chi connectivity index (χ0) is 13.2. The summed E-state index contributed by atoms with van der Waals surface area (Å²) in [5, 5.41) is 3.50. The lowest BCUT2D eigenvalue weighted by molar-refractivity contribution is -0.134. The summed E-state index contributed by atoms with van der Waals surface area (Å²) >= 11 is 0. The molecule has 0 aromatic heterocycles. The Bertz CT molecular complexity index is 518. The number of benzene rings is 1. The van der Waals surface area contributed by atoms with Crippen LogP contribution in [0.15, 0.2) is 30.3 Å². The van der Waals surface area contributed by atoms with Gasteiger partial charge in [0.15, 0.2) is 0 Å². The molecular formula is C15H19ClN2O2. The SMILES string of the molecule is COC(=O)C=Cc1ccccc1N1CC2CC1CN2.Cl. The summed E-state index contributed by atoms with van der Waals surface area (Å²) in [4.78, 5) is 13.7. The average Bonchev–Trinajstić information content (AvgIpc) is 3.07. The van der Waals surface area contributed by atoms with E-state index < -0.39 is 0 Å². The van der Waals surface area contributed by atoms with Crippen molar-refractivity contribution in [2.24, 2.45) is 0 Å². The molecule has 20 heavy (non-hydrogen) atoms. The van der Waals surface area contributed by atoms with Gasteiger partial charge in [-0.25, -0.2) is 4.79 Å². The van der Waals surface area contributed by atoms with Crippen molar-refractivity contribution >= 4 is 30.1 Å². The molecule has 0 aliphatic carbocycles. The highest BCUT2D eigenvalue weighted by atomic mass is 35.5. The van der Waals surface area contributed by atoms with Crippen LogP contribution in [0.3, 0.4) is 0 Å². The normalized spacial score (nSPS) is 23.9. The lowest BCUT2D eigenvalue weighted by Crippen LogP contribution is -2.43. The van der Waals surface area contributed by atoms with Crippen LogP contribution >= 0.6 is 12.4 Å². The highest BCUT2D eigenvalue weighted by molar-refractivity contribution is 5.88. The molecule has 0 radical (unpaired) electrons. The Kier molecular flexibility index (Phi) is 4.68. The molecule has 3 rings (SSSR count). The molecule has 2 heterocycles. The van der Waals surface area contributed by atoms with Crippen LogP contribution in [0.25, 0.3) is 6.08 Å². The molecule has 0 saturated carbocycles. The Balaban J connectivity index is 0.00000147. The molecule has 2 aliphatic heterocycles. The van der Waals surface area contributed by atoms with Crippen molar-refractivity contribution in [3.05, 3.63) is 35.9 Å². The number of rotatable bonds is 3. The topological polar surface area (TPSA) is 41.6 Å². The Morgan fingerprint density at radius 2 is 2.25 bits per heavy atom. The van der Waals surface area contributed by atoms with Gasteiger partial charge < -0.3 is 15.0 Å². The van der Waals surface area contributed by atoms with Crippen LogP contribution < -0.4 is 10.2 Å². The van der Waals surface area contributed by atoms with Crippen molar-refractivity contribution in [3.8, 4) is 0 Å². The molecule has 4 nitrogen and oxygen atoms in total. The van der Waals surface area contributed by atoms with E-state index in [0.717, 1.165) is 18.7 Å². The number of nitrogens with zero attached hydrogens (tertiary/aromatic N) is 1. The van der Waals surface area contributed by atoms with Gasteiger partial charge in [-0.05, 0) is 24.1 Å². The van der Waals surface area contributed by atoms with Crippen molar-refractivity contribution in [2.75, 3.05) is 25.1 Å². The molecule has 0 spiro atoms. The predicted octanol–water partition coefficient (Wildman–Crippen LogP) is 1.85. The first kappa shape index (κ1) is 14.9. The number of hydrogen-bond acceptors (Lipinski definition) is 4. The number of nitrogens with one attached hydrogen (secondary N) is 1. The summed E-state index contributed by atoms with van der Waals surface area (Å²) < 4.78 is 4.64. The van der Waals surface area contributed by atoms with Gasteiger partial charge in [-0.15, -0.1) is 12.4 Å². The zero-order valence-electron chi connectivity index (χ0n) is 11.4. The Morgan fingerprint density at radius 1 is 1.45 bits per heavy atom. The lowest BCUT2D eigenvalue weighted by Gasteiger charge is -2.30. The van der Waals surface area contributed by atoms with Gasteiger partial charge in [-0.1, -0.05) is 18.2 Å². The van der Waals surface area contributed by atoms with Gasteiger partial charge in [0.05, 0.1) is 7.11 Å². The number of anilines is 1. The zero-order valence-corrected chi connectivity index (χ0v) is 12.2. The van der Waals surface area contributed by atoms with Crippen molar-refractivity contribution < 1.29 is 9.53 Å². The van der Waals surface area contributed by atoms with E-state index in [2.05, 4.69) is 21.0 Å². The molecule has 1 aromatic rings. The van der Waals surface area contributed by atoms with Crippen LogP contribution in [0.2, 0.25) is 0 Å². The summed E-state index contributed by atoms with van der Waals surface area (Å²) in [5.74, 6) is -0.320. The van der Waals surface area contributed by atoms with Crippen molar-refractivity contribution in [2.45, 2.75) is 18.5 Å². The Morgan fingerprint density at radius 3 is 2.90 bits per heavy atom. The van der Waals surface area contributed by atoms with Crippen molar-refractivity contribution in [3.63, 3.8) is 0 Å². The molecule has 0 amide bonds. The van der Waals surface area contributed by atoms with Crippen LogP contribution in [-0.4, -0.2) is 38.3 Å². The van der Waals surface area contributed by atoms with E-state index >= 15 is 0 Å². The van der Waals surface area contributed by atoms with Crippen molar-refractivity contribution in [1.29, 1.82) is 0 Å². The number of ether oxygens (including phenoxy) is 1. The highest BCUT2D eigenvalue weighted by Crippen LogP contribution is 2.32. The summed E-state index contributed by atoms with van der Waals surface area (Å²) in [6.07, 6.45) is 4.53. The fourth-order valence-corrected chi connectivity index (χ4v) is 2.97. The molecule has 2 aliphatic rings. The minimum absolute atomic E-state index is 0. The third kappa shape index (κ3) is 2.81. The number of fused-ring (bicyclic) bond motifs is 2. The number of carbonyl (C=O) groups excluding carboxylic acids is 1. The smallest absolute Gasteiger partial charge is 0.330 e. The molecule has 5 heteroatoms. The number of para-hydroxylation sites is 1. The minimum Gasteiger partial charge on any atom is -0.466 e. The predicted molar refractivity (Wildman–Crippen MR) is 82.3 cm³/mol. The maximum absolute atomic E-state index is 11.2. The molecule has 2 fully saturated rings. The third-order valence-electron chi connectivity index (χ3n) is 3.90. The molecular weight excluding hydrogens is 276 g/mol. The van der Waals surface area contributed by atoms with Gasteiger partial charge in [0.1, 0.15) is 0 Å². The molecule has 2 unspecified atom stereocenters. The molecule has 2 saturated heterocycles. The minimum atomic E-state index is -0.320. The number of halogens is 1. The van der Waals surface area contributed by atoms with E-state index in [0.29, 0.717) is 12.1 Å². The average molecular weight is 295 g/mol. The van der Waals surface area contributed by atoms with Crippen LogP contribution in [-0.2, 0) is 9.53 Å². The number of hydrogen-bond donors (Lipinski definition) is 1. The standard InChI is InChI=1S/C15H18N2O2.ClH/c1-19-15(18)7-6-11-4-2-3-5-14(11)17-10-12-8-13(17)9-16-12;/h2-7,12-13,16H,8-10H2,1H3;1H. The first-order valence-electron chi connectivity index (χ1n) is 6.63. The van der Waals surface area contributed by atoms with E-state index in [4.69, 9.17) is 0 Å². The second-order valence-corrected chi connectivity index (χ2v) is 5.06. The molecule has 1 aromatic carbocycles. The monoisotopic (exact) mass is 294 g/mol. The van der Waals surface area contributed by atoms with Gasteiger partial charge in [0, 0.05) is 36.9 Å². The van der Waals surface area contributed by atoms with E-state index in [1.165, 1.54) is 25.3 Å². The van der Waals surface area contributed by atoms with Gasteiger partial charge in [-0.2, -0.15) is 0 Å². The van der Waals surface area contributed by atoms with Crippen LogP contribution in [0.5, 0.6) is 0 Å². The van der Waals surface area contributed by atoms with E-state index in [1.807, 2.05) is 24.3 Å². The maximum atomic E-state index is 11.2. The number of esters is 1. The second-order valence-electron chi connectivity index (χ2n) is 5.06. The number of piperazine rings is 1. The number of methoxy groups -OCH3 is 1. The molecule has 2 atom stereocenters. The fraction of sp³-hybridized carbons (Fsp3) is 0.400. The van der Waals surface area contributed by atoms with E-state index in [9.17, 15) is 4.79 Å². The van der Waals surface area contributed by atoms with Crippen LogP contribution in [0.4, 0.5) is 5.69 Å². The Labute approximate surface area is 125 Å². The molecule has 108 valence electrons. The summed E-state index contributed by atoms with van der Waals surface area (Å²) in [6, 6.07) is 9.39. The summed E-state index contributed by atoms with van der Waals surface area (Å²) in [7, 11) is 1.39. The first-order valence-corrected chi connectivity index (χ1v) is 6.63. The fourth-order valence-electron chi connectivity index (χ4n) is 2.97. The maximum Gasteiger partial charge on any atom is 0.330 e. The number of carbonyl (C=O) groups is 1. The van der Waals surface area contributed by atoms with Gasteiger partial charge in [-0.3, -0.25) is 0 Å². The van der Waals surface area contributed by atoms with Crippen LogP contribution in [0, 0.1) is 0 Å². The first-order chi connectivity index (χ1) is 9.28. The lowest BCUT2D eigenvalue weighted by atomic mass is 10.1. The molecule has 2 bridgehead atoms. The van der Waals surface area contributed by atoms with Gasteiger partial charge in [0.2, 0.25) is 0 Å². The second kappa shape index (κ2) is 6.29. The van der Waals surface area contributed by atoms with Gasteiger partial charge in [0.25, 0.3) is 0 Å². The summed E-state index contributed by atoms with van der Waals surface area (Å²) in [5.41, 5.74) is 2.28. The van der Waals surface area contributed by atoms with Gasteiger partial charge >= 0.3 is 5.97 Å².